The van der Waals surface area contributed by atoms with Crippen LogP contribution in [0.1, 0.15) is 31.4 Å². The lowest BCUT2D eigenvalue weighted by molar-refractivity contribution is -0.126. The molecule has 0 radical (unpaired) electrons. The van der Waals surface area contributed by atoms with Crippen molar-refractivity contribution in [2.45, 2.75) is 26.7 Å². The Balaban J connectivity index is 1.94. The number of nitrogens with zero attached hydrogens (tertiary/aromatic N) is 1. The van der Waals surface area contributed by atoms with E-state index in [1.54, 1.807) is 13.2 Å². The lowest BCUT2D eigenvalue weighted by Gasteiger charge is -2.12. The van der Waals surface area contributed by atoms with Crippen molar-refractivity contribution in [1.29, 1.82) is 0 Å². The monoisotopic (exact) mass is 509 g/mol. The molecule has 0 aromatic heterocycles. The third kappa shape index (κ3) is 6.74. The summed E-state index contributed by atoms with van der Waals surface area (Å²) in [6.45, 7) is 4.43. The Morgan fingerprint density at radius 2 is 1.93 bits per heavy atom. The topological polar surface area (TPSA) is 89.0 Å². The van der Waals surface area contributed by atoms with E-state index in [0.717, 1.165) is 21.1 Å². The van der Waals surface area contributed by atoms with Crippen molar-refractivity contribution in [3.63, 3.8) is 0 Å². The Morgan fingerprint density at radius 3 is 2.62 bits per heavy atom. The molecule has 0 saturated heterocycles. The second-order valence-corrected chi connectivity index (χ2v) is 7.16. The molecule has 0 heterocycles. The van der Waals surface area contributed by atoms with Crippen LogP contribution in [0.15, 0.2) is 41.5 Å². The van der Waals surface area contributed by atoms with E-state index in [2.05, 4.69) is 38.4 Å². The summed E-state index contributed by atoms with van der Waals surface area (Å²) in [5, 5.41) is 6.68. The molecule has 154 valence electrons. The fourth-order valence-electron chi connectivity index (χ4n) is 2.61. The number of hydrogen-bond donors (Lipinski definition) is 2. The second-order valence-electron chi connectivity index (χ2n) is 6.00. The molecule has 2 aromatic carbocycles. The van der Waals surface area contributed by atoms with Gasteiger partial charge in [0.15, 0.2) is 11.5 Å². The highest BCUT2D eigenvalue weighted by Crippen LogP contribution is 2.33. The van der Waals surface area contributed by atoms with Crippen LogP contribution in [0.2, 0.25) is 0 Å². The highest BCUT2D eigenvalue weighted by molar-refractivity contribution is 14.1. The average Bonchev–Trinajstić information content (AvgIpc) is 2.70. The minimum Gasteiger partial charge on any atom is -0.493 e. The first-order valence-electron chi connectivity index (χ1n) is 9.18. The summed E-state index contributed by atoms with van der Waals surface area (Å²) in [5.41, 5.74) is 4.83. The number of carbonyl (C=O) groups is 2. The third-order valence-corrected chi connectivity index (χ3v) is 4.74. The van der Waals surface area contributed by atoms with Crippen molar-refractivity contribution in [3.05, 3.63) is 51.1 Å². The van der Waals surface area contributed by atoms with Gasteiger partial charge in [0.25, 0.3) is 0 Å². The average molecular weight is 509 g/mol. The maximum Gasteiger partial charge on any atom is 0.249 e. The van der Waals surface area contributed by atoms with Gasteiger partial charge in [-0.25, -0.2) is 5.43 Å². The van der Waals surface area contributed by atoms with Gasteiger partial charge in [0.1, 0.15) is 6.42 Å². The SMILES string of the molecule is CCOc1c(I)cc(C=NNC(=O)CC(=O)Nc2ccccc2CC)cc1OC. The highest BCUT2D eigenvalue weighted by Gasteiger charge is 2.12. The Morgan fingerprint density at radius 1 is 1.17 bits per heavy atom. The van der Waals surface area contributed by atoms with Crippen LogP contribution in [-0.4, -0.2) is 31.7 Å². The van der Waals surface area contributed by atoms with Gasteiger partial charge in [-0.05, 0) is 65.3 Å². The molecule has 0 saturated carbocycles. The zero-order chi connectivity index (χ0) is 21.2. The number of anilines is 1. The first kappa shape index (κ1) is 22.7. The van der Waals surface area contributed by atoms with E-state index in [1.807, 2.05) is 44.2 Å². The molecule has 0 aliphatic rings. The highest BCUT2D eigenvalue weighted by atomic mass is 127. The largest absolute Gasteiger partial charge is 0.493 e. The molecule has 0 aliphatic carbocycles. The first-order chi connectivity index (χ1) is 14.0. The van der Waals surface area contributed by atoms with E-state index in [-0.39, 0.29) is 6.42 Å². The van der Waals surface area contributed by atoms with Crippen LogP contribution < -0.4 is 20.2 Å². The fraction of sp³-hybridized carbons (Fsp3) is 0.286. The minimum atomic E-state index is -0.500. The summed E-state index contributed by atoms with van der Waals surface area (Å²) in [4.78, 5) is 24.1. The Hall–Kier alpha value is -2.62. The third-order valence-electron chi connectivity index (χ3n) is 3.94. The standard InChI is InChI=1S/C21H24IN3O4/c1-4-15-8-6-7-9-17(15)24-19(26)12-20(27)25-23-13-14-10-16(22)21(29-5-2)18(11-14)28-3/h6-11,13H,4-5,12H2,1-3H3,(H,24,26)(H,25,27). The maximum atomic E-state index is 12.1. The zero-order valence-electron chi connectivity index (χ0n) is 16.6. The zero-order valence-corrected chi connectivity index (χ0v) is 18.8. The van der Waals surface area contributed by atoms with Gasteiger partial charge in [-0.3, -0.25) is 9.59 Å². The van der Waals surface area contributed by atoms with Gasteiger partial charge in [0, 0.05) is 5.69 Å². The van der Waals surface area contributed by atoms with E-state index < -0.39 is 11.8 Å². The van der Waals surface area contributed by atoms with Crippen LogP contribution in [-0.2, 0) is 16.0 Å². The smallest absolute Gasteiger partial charge is 0.249 e. The summed E-state index contributed by atoms with van der Waals surface area (Å²) in [6, 6.07) is 11.1. The van der Waals surface area contributed by atoms with Gasteiger partial charge in [0.2, 0.25) is 11.8 Å². The number of halogens is 1. The van der Waals surface area contributed by atoms with Gasteiger partial charge in [-0.1, -0.05) is 25.1 Å². The van der Waals surface area contributed by atoms with Gasteiger partial charge >= 0.3 is 0 Å². The number of carbonyl (C=O) groups excluding carboxylic acids is 2. The van der Waals surface area contributed by atoms with E-state index in [1.165, 1.54) is 6.21 Å². The Bertz CT molecular complexity index is 899. The van der Waals surface area contributed by atoms with Crippen LogP contribution in [0.5, 0.6) is 11.5 Å². The lowest BCUT2D eigenvalue weighted by Crippen LogP contribution is -2.25. The summed E-state index contributed by atoms with van der Waals surface area (Å²) in [5.74, 6) is 0.359. The number of para-hydroxylation sites is 1. The van der Waals surface area contributed by atoms with Crippen molar-refractivity contribution in [1.82, 2.24) is 5.43 Å². The van der Waals surface area contributed by atoms with E-state index in [9.17, 15) is 9.59 Å². The van der Waals surface area contributed by atoms with Crippen molar-refractivity contribution in [2.24, 2.45) is 5.10 Å². The number of nitrogens with one attached hydrogen (secondary N) is 2. The molecule has 7 nitrogen and oxygen atoms in total. The Kier molecular flexibility index (Phi) is 8.91. The quantitative estimate of drug-likeness (QED) is 0.233. The number of methoxy groups -OCH3 is 1. The molecule has 0 bridgehead atoms. The summed E-state index contributed by atoms with van der Waals surface area (Å²) in [7, 11) is 1.56. The molecule has 2 N–H and O–H groups in total. The number of ether oxygens (including phenoxy) is 2. The number of amides is 2. The number of benzene rings is 2. The summed E-state index contributed by atoms with van der Waals surface area (Å²) >= 11 is 2.15. The summed E-state index contributed by atoms with van der Waals surface area (Å²) < 4.78 is 11.8. The number of hydrazone groups is 1. The predicted octanol–water partition coefficient (Wildman–Crippen LogP) is 3.74. The molecule has 2 aromatic rings. The predicted molar refractivity (Wildman–Crippen MR) is 122 cm³/mol. The normalized spacial score (nSPS) is 10.6. The molecule has 0 atom stereocenters. The van der Waals surface area contributed by atoms with Gasteiger partial charge in [-0.2, -0.15) is 5.10 Å². The van der Waals surface area contributed by atoms with Crippen LogP contribution in [0.25, 0.3) is 0 Å². The van der Waals surface area contributed by atoms with Crippen molar-refractivity contribution in [2.75, 3.05) is 19.0 Å². The molecule has 29 heavy (non-hydrogen) atoms. The number of hydrogen-bond acceptors (Lipinski definition) is 5. The van der Waals surface area contributed by atoms with Crippen molar-refractivity contribution < 1.29 is 19.1 Å². The van der Waals surface area contributed by atoms with E-state index in [0.29, 0.717) is 23.8 Å². The number of rotatable bonds is 9. The van der Waals surface area contributed by atoms with E-state index >= 15 is 0 Å². The van der Waals surface area contributed by atoms with Crippen LogP contribution in [0.3, 0.4) is 0 Å². The molecule has 0 fully saturated rings. The molecule has 0 aliphatic heterocycles. The number of aryl methyl sites for hydroxylation is 1. The molecular weight excluding hydrogens is 485 g/mol. The molecule has 0 spiro atoms. The Labute approximate surface area is 184 Å². The first-order valence-corrected chi connectivity index (χ1v) is 10.3. The van der Waals surface area contributed by atoms with Gasteiger partial charge < -0.3 is 14.8 Å². The fourth-order valence-corrected chi connectivity index (χ4v) is 3.39. The van der Waals surface area contributed by atoms with E-state index in [4.69, 9.17) is 9.47 Å². The van der Waals surface area contributed by atoms with Gasteiger partial charge in [-0.15, -0.1) is 0 Å². The van der Waals surface area contributed by atoms with Crippen molar-refractivity contribution in [3.8, 4) is 11.5 Å². The van der Waals surface area contributed by atoms with Crippen LogP contribution >= 0.6 is 22.6 Å². The molecule has 0 unspecified atom stereocenters. The van der Waals surface area contributed by atoms with Crippen molar-refractivity contribution >= 4 is 46.3 Å². The minimum absolute atomic E-state index is 0.320. The second kappa shape index (κ2) is 11.4. The van der Waals surface area contributed by atoms with Crippen LogP contribution in [0.4, 0.5) is 5.69 Å². The molecule has 2 rings (SSSR count). The van der Waals surface area contributed by atoms with Gasteiger partial charge in [0.05, 0.1) is 23.5 Å². The lowest BCUT2D eigenvalue weighted by atomic mass is 10.1. The maximum absolute atomic E-state index is 12.1. The molecular formula is C21H24IN3O4. The molecule has 2 amide bonds. The summed E-state index contributed by atoms with van der Waals surface area (Å²) in [6.07, 6.45) is 1.96. The molecule has 8 heteroatoms. The van der Waals surface area contributed by atoms with Crippen LogP contribution in [0, 0.1) is 3.57 Å².